The number of fused-ring (bicyclic) bond motifs is 1. The van der Waals surface area contributed by atoms with E-state index in [0.29, 0.717) is 5.54 Å². The molecular weight excluding hydrogens is 262 g/mol. The van der Waals surface area contributed by atoms with Crippen LogP contribution in [-0.2, 0) is 6.42 Å². The van der Waals surface area contributed by atoms with Gasteiger partial charge < -0.3 is 0 Å². The molecule has 0 amide bonds. The molecule has 3 heteroatoms. The van der Waals surface area contributed by atoms with Crippen LogP contribution in [0.25, 0.3) is 6.08 Å². The van der Waals surface area contributed by atoms with E-state index in [-0.39, 0.29) is 12.4 Å². The van der Waals surface area contributed by atoms with Gasteiger partial charge in [0, 0.05) is 16.8 Å². The van der Waals surface area contributed by atoms with Crippen molar-refractivity contribution in [1.29, 1.82) is 0 Å². The average molecular weight is 284 g/mol. The molecule has 1 aromatic rings. The SMILES string of the molecule is CCCN1CCCCC12C=Cc1ccsc1C2.Cl. The molecule has 2 aliphatic rings. The van der Waals surface area contributed by atoms with Gasteiger partial charge in [-0.2, -0.15) is 0 Å². The normalized spacial score (nSPS) is 26.9. The summed E-state index contributed by atoms with van der Waals surface area (Å²) in [4.78, 5) is 4.32. The highest BCUT2D eigenvalue weighted by Crippen LogP contribution is 2.39. The fourth-order valence-corrected chi connectivity index (χ4v) is 4.32. The molecule has 1 aliphatic heterocycles. The maximum atomic E-state index is 2.73. The van der Waals surface area contributed by atoms with Crippen molar-refractivity contribution < 1.29 is 0 Å². The molecule has 1 aromatic heterocycles. The van der Waals surface area contributed by atoms with Gasteiger partial charge in [0.15, 0.2) is 0 Å². The van der Waals surface area contributed by atoms with E-state index in [1.165, 1.54) is 50.8 Å². The molecule has 1 aliphatic carbocycles. The fraction of sp³-hybridized carbons (Fsp3) is 0.600. The first kappa shape index (κ1) is 14.1. The van der Waals surface area contributed by atoms with Crippen molar-refractivity contribution in [1.82, 2.24) is 4.90 Å². The Hall–Kier alpha value is -0.310. The molecule has 0 aromatic carbocycles. The van der Waals surface area contributed by atoms with E-state index in [1.807, 2.05) is 11.3 Å². The highest BCUT2D eigenvalue weighted by molar-refractivity contribution is 7.10. The van der Waals surface area contributed by atoms with Crippen molar-refractivity contribution in [3.05, 3.63) is 28.0 Å². The number of nitrogens with zero attached hydrogens (tertiary/aromatic N) is 1. The number of halogens is 1. The molecule has 18 heavy (non-hydrogen) atoms. The Morgan fingerprint density at radius 1 is 1.39 bits per heavy atom. The van der Waals surface area contributed by atoms with Gasteiger partial charge in [-0.05, 0) is 49.4 Å². The summed E-state index contributed by atoms with van der Waals surface area (Å²) < 4.78 is 0. The van der Waals surface area contributed by atoms with Crippen LogP contribution in [0.5, 0.6) is 0 Å². The average Bonchev–Trinajstić information content (AvgIpc) is 2.80. The quantitative estimate of drug-likeness (QED) is 0.779. The van der Waals surface area contributed by atoms with E-state index >= 15 is 0 Å². The van der Waals surface area contributed by atoms with Gasteiger partial charge in [0.1, 0.15) is 0 Å². The molecule has 3 rings (SSSR count). The molecule has 0 saturated carbocycles. The van der Waals surface area contributed by atoms with E-state index in [2.05, 4.69) is 35.4 Å². The zero-order chi connectivity index (χ0) is 11.7. The van der Waals surface area contributed by atoms with Crippen LogP contribution in [0.2, 0.25) is 0 Å². The Bertz CT molecular complexity index is 424. The van der Waals surface area contributed by atoms with Gasteiger partial charge in [0.2, 0.25) is 0 Å². The van der Waals surface area contributed by atoms with Gasteiger partial charge in [-0.3, -0.25) is 4.90 Å². The zero-order valence-electron chi connectivity index (χ0n) is 11.0. The van der Waals surface area contributed by atoms with Crippen LogP contribution < -0.4 is 0 Å². The first-order valence-corrected chi connectivity index (χ1v) is 7.73. The van der Waals surface area contributed by atoms with Gasteiger partial charge in [-0.1, -0.05) is 25.5 Å². The van der Waals surface area contributed by atoms with Crippen LogP contribution in [-0.4, -0.2) is 23.5 Å². The van der Waals surface area contributed by atoms with E-state index in [1.54, 1.807) is 4.88 Å². The second-order valence-electron chi connectivity index (χ2n) is 5.36. The largest absolute Gasteiger partial charge is 0.294 e. The third-order valence-corrected chi connectivity index (χ3v) is 5.17. The van der Waals surface area contributed by atoms with Crippen molar-refractivity contribution in [2.45, 2.75) is 44.6 Å². The maximum Gasteiger partial charge on any atom is 0.0442 e. The molecule has 2 heterocycles. The summed E-state index contributed by atoms with van der Waals surface area (Å²) in [6.07, 6.45) is 11.5. The Balaban J connectivity index is 0.00000120. The number of hydrogen-bond acceptors (Lipinski definition) is 2. The van der Waals surface area contributed by atoms with Crippen molar-refractivity contribution >= 4 is 29.8 Å². The maximum absolute atomic E-state index is 2.73. The van der Waals surface area contributed by atoms with E-state index in [0.717, 1.165) is 0 Å². The summed E-state index contributed by atoms with van der Waals surface area (Å²) in [5.74, 6) is 0. The van der Waals surface area contributed by atoms with E-state index < -0.39 is 0 Å². The summed E-state index contributed by atoms with van der Waals surface area (Å²) in [5.41, 5.74) is 1.81. The lowest BCUT2D eigenvalue weighted by atomic mass is 9.79. The monoisotopic (exact) mass is 283 g/mol. The number of hydrogen-bond donors (Lipinski definition) is 0. The van der Waals surface area contributed by atoms with Crippen LogP contribution >= 0.6 is 23.7 Å². The molecule has 1 atom stereocenters. The minimum Gasteiger partial charge on any atom is -0.294 e. The van der Waals surface area contributed by atoms with Gasteiger partial charge in [0.25, 0.3) is 0 Å². The first-order valence-electron chi connectivity index (χ1n) is 6.85. The lowest BCUT2D eigenvalue weighted by Gasteiger charge is -2.47. The number of piperidine rings is 1. The molecule has 0 bridgehead atoms. The number of likely N-dealkylation sites (tertiary alicyclic amines) is 1. The predicted octanol–water partition coefficient (Wildman–Crippen LogP) is 4.37. The minimum absolute atomic E-state index is 0. The molecule has 1 saturated heterocycles. The molecule has 1 spiro atoms. The smallest absolute Gasteiger partial charge is 0.0442 e. The summed E-state index contributed by atoms with van der Waals surface area (Å²) in [6.45, 7) is 4.84. The topological polar surface area (TPSA) is 3.24 Å². The Morgan fingerprint density at radius 3 is 3.11 bits per heavy atom. The Kier molecular flexibility index (Phi) is 4.52. The molecule has 1 unspecified atom stereocenters. The van der Waals surface area contributed by atoms with Crippen LogP contribution in [0.1, 0.15) is 43.0 Å². The van der Waals surface area contributed by atoms with Gasteiger partial charge >= 0.3 is 0 Å². The second kappa shape index (κ2) is 5.77. The molecule has 0 radical (unpaired) electrons. The minimum atomic E-state index is 0. The standard InChI is InChI=1S/C15H21NS.ClH/c1-2-9-16-10-4-3-7-15(16)8-5-13-6-11-17-14(13)12-15;/h5-6,8,11H,2-4,7,9-10,12H2,1H3;1H. The predicted molar refractivity (Wildman–Crippen MR) is 82.8 cm³/mol. The van der Waals surface area contributed by atoms with E-state index in [9.17, 15) is 0 Å². The lowest BCUT2D eigenvalue weighted by Crippen LogP contribution is -2.52. The molecular formula is C15H22ClNS. The summed E-state index contributed by atoms with van der Waals surface area (Å²) in [7, 11) is 0. The molecule has 0 N–H and O–H groups in total. The number of thiophene rings is 1. The van der Waals surface area contributed by atoms with E-state index in [4.69, 9.17) is 0 Å². The van der Waals surface area contributed by atoms with Crippen LogP contribution in [0.4, 0.5) is 0 Å². The molecule has 1 fully saturated rings. The zero-order valence-corrected chi connectivity index (χ0v) is 12.7. The first-order chi connectivity index (χ1) is 8.34. The lowest BCUT2D eigenvalue weighted by molar-refractivity contribution is 0.0860. The van der Waals surface area contributed by atoms with Gasteiger partial charge in [-0.15, -0.1) is 23.7 Å². The third-order valence-electron chi connectivity index (χ3n) is 4.23. The van der Waals surface area contributed by atoms with Crippen molar-refractivity contribution in [3.8, 4) is 0 Å². The van der Waals surface area contributed by atoms with Crippen LogP contribution in [0.15, 0.2) is 17.5 Å². The summed E-state index contributed by atoms with van der Waals surface area (Å²) in [6, 6.07) is 2.26. The van der Waals surface area contributed by atoms with Crippen molar-refractivity contribution in [2.24, 2.45) is 0 Å². The van der Waals surface area contributed by atoms with Crippen LogP contribution in [0, 0.1) is 0 Å². The third kappa shape index (κ3) is 2.38. The fourth-order valence-electron chi connectivity index (χ4n) is 3.33. The highest BCUT2D eigenvalue weighted by Gasteiger charge is 2.38. The molecule has 100 valence electrons. The van der Waals surface area contributed by atoms with Crippen molar-refractivity contribution in [2.75, 3.05) is 13.1 Å². The second-order valence-corrected chi connectivity index (χ2v) is 6.36. The van der Waals surface area contributed by atoms with Crippen LogP contribution in [0.3, 0.4) is 0 Å². The summed E-state index contributed by atoms with van der Waals surface area (Å²) in [5, 5.41) is 2.24. The number of rotatable bonds is 2. The Morgan fingerprint density at radius 2 is 2.28 bits per heavy atom. The summed E-state index contributed by atoms with van der Waals surface area (Å²) >= 11 is 1.94. The van der Waals surface area contributed by atoms with Gasteiger partial charge in [0.05, 0.1) is 0 Å². The Labute approximate surface area is 120 Å². The highest BCUT2D eigenvalue weighted by atomic mass is 35.5. The van der Waals surface area contributed by atoms with Crippen molar-refractivity contribution in [3.63, 3.8) is 0 Å². The van der Waals surface area contributed by atoms with Gasteiger partial charge in [-0.25, -0.2) is 0 Å². The molecule has 1 nitrogen and oxygen atoms in total.